The van der Waals surface area contributed by atoms with Crippen molar-refractivity contribution in [2.75, 3.05) is 44.2 Å². The SMILES string of the molecule is O=C(NCC1CCSCC1)C(=O)N1CCNCC1. The van der Waals surface area contributed by atoms with Crippen molar-refractivity contribution in [3.05, 3.63) is 0 Å². The van der Waals surface area contributed by atoms with Crippen molar-refractivity contribution in [2.45, 2.75) is 12.8 Å². The first-order chi connectivity index (χ1) is 8.77. The third-order valence-corrected chi connectivity index (χ3v) is 4.54. The first-order valence-electron chi connectivity index (χ1n) is 6.63. The van der Waals surface area contributed by atoms with E-state index in [2.05, 4.69) is 10.6 Å². The van der Waals surface area contributed by atoms with Gasteiger partial charge in [0.15, 0.2) is 0 Å². The van der Waals surface area contributed by atoms with E-state index < -0.39 is 5.91 Å². The molecule has 0 atom stereocenters. The minimum Gasteiger partial charge on any atom is -0.348 e. The molecule has 0 spiro atoms. The van der Waals surface area contributed by atoms with Gasteiger partial charge in [-0.05, 0) is 30.3 Å². The fourth-order valence-electron chi connectivity index (χ4n) is 2.27. The number of hydrogen-bond donors (Lipinski definition) is 2. The fraction of sp³-hybridized carbons (Fsp3) is 0.833. The minimum absolute atomic E-state index is 0.373. The summed E-state index contributed by atoms with van der Waals surface area (Å²) in [5, 5.41) is 5.95. The number of nitrogens with one attached hydrogen (secondary N) is 2. The summed E-state index contributed by atoms with van der Waals surface area (Å²) in [7, 11) is 0. The van der Waals surface area contributed by atoms with Gasteiger partial charge in [0.1, 0.15) is 0 Å². The van der Waals surface area contributed by atoms with Crippen molar-refractivity contribution in [3.8, 4) is 0 Å². The third kappa shape index (κ3) is 3.88. The molecular weight excluding hydrogens is 250 g/mol. The number of carbonyl (C=O) groups is 2. The number of thioether (sulfide) groups is 1. The van der Waals surface area contributed by atoms with E-state index in [1.165, 1.54) is 11.5 Å². The van der Waals surface area contributed by atoms with E-state index in [0.29, 0.717) is 25.6 Å². The van der Waals surface area contributed by atoms with Crippen LogP contribution in [0.5, 0.6) is 0 Å². The highest BCUT2D eigenvalue weighted by molar-refractivity contribution is 7.99. The van der Waals surface area contributed by atoms with Gasteiger partial charge >= 0.3 is 11.8 Å². The molecule has 0 saturated carbocycles. The predicted octanol–water partition coefficient (Wildman–Crippen LogP) is -0.322. The Morgan fingerprint density at radius 2 is 1.89 bits per heavy atom. The number of nitrogens with zero attached hydrogens (tertiary/aromatic N) is 1. The van der Waals surface area contributed by atoms with Crippen molar-refractivity contribution in [1.29, 1.82) is 0 Å². The zero-order valence-electron chi connectivity index (χ0n) is 10.6. The summed E-state index contributed by atoms with van der Waals surface area (Å²) >= 11 is 1.97. The second-order valence-corrected chi connectivity index (χ2v) is 6.03. The quantitative estimate of drug-likeness (QED) is 0.676. The van der Waals surface area contributed by atoms with Crippen molar-refractivity contribution in [3.63, 3.8) is 0 Å². The molecule has 0 aromatic heterocycles. The van der Waals surface area contributed by atoms with E-state index in [1.54, 1.807) is 4.90 Å². The molecule has 0 bridgehead atoms. The van der Waals surface area contributed by atoms with Gasteiger partial charge in [-0.25, -0.2) is 0 Å². The smallest absolute Gasteiger partial charge is 0.311 e. The molecule has 6 heteroatoms. The Balaban J connectivity index is 1.71. The predicted molar refractivity (Wildman–Crippen MR) is 72.5 cm³/mol. The minimum atomic E-state index is -0.435. The largest absolute Gasteiger partial charge is 0.348 e. The maximum atomic E-state index is 11.9. The summed E-state index contributed by atoms with van der Waals surface area (Å²) in [6, 6.07) is 0. The van der Waals surface area contributed by atoms with Crippen molar-refractivity contribution >= 4 is 23.6 Å². The number of amides is 2. The number of piperazine rings is 1. The van der Waals surface area contributed by atoms with E-state index in [1.807, 2.05) is 11.8 Å². The number of rotatable bonds is 2. The van der Waals surface area contributed by atoms with Crippen LogP contribution in [0.3, 0.4) is 0 Å². The van der Waals surface area contributed by atoms with Gasteiger partial charge in [-0.1, -0.05) is 0 Å². The lowest BCUT2D eigenvalue weighted by atomic mass is 10.0. The number of carbonyl (C=O) groups excluding carboxylic acids is 2. The average molecular weight is 271 g/mol. The van der Waals surface area contributed by atoms with Crippen LogP contribution in [-0.2, 0) is 9.59 Å². The molecule has 0 radical (unpaired) electrons. The highest BCUT2D eigenvalue weighted by Crippen LogP contribution is 2.21. The standard InChI is InChI=1S/C12H21N3O2S/c16-11(12(17)15-5-3-13-4-6-15)14-9-10-1-7-18-8-2-10/h10,13H,1-9H2,(H,14,16). The van der Waals surface area contributed by atoms with Gasteiger partial charge in [0, 0.05) is 32.7 Å². The normalized spacial score (nSPS) is 21.7. The second kappa shape index (κ2) is 6.99. The lowest BCUT2D eigenvalue weighted by molar-refractivity contribution is -0.146. The van der Waals surface area contributed by atoms with E-state index in [0.717, 1.165) is 25.9 Å². The zero-order chi connectivity index (χ0) is 12.8. The van der Waals surface area contributed by atoms with Crippen molar-refractivity contribution in [2.24, 2.45) is 5.92 Å². The molecule has 18 heavy (non-hydrogen) atoms. The molecule has 0 aromatic rings. The van der Waals surface area contributed by atoms with E-state index >= 15 is 0 Å². The molecule has 2 fully saturated rings. The molecule has 5 nitrogen and oxygen atoms in total. The lowest BCUT2D eigenvalue weighted by Gasteiger charge is -2.27. The Hall–Kier alpha value is -0.750. The molecule has 102 valence electrons. The van der Waals surface area contributed by atoms with Gasteiger partial charge in [0.05, 0.1) is 0 Å². The molecule has 2 N–H and O–H groups in total. The maximum Gasteiger partial charge on any atom is 0.311 e. The highest BCUT2D eigenvalue weighted by atomic mass is 32.2. The van der Waals surface area contributed by atoms with Crippen LogP contribution in [0.2, 0.25) is 0 Å². The molecule has 2 amide bonds. The first kappa shape index (κ1) is 13.7. The summed E-state index contributed by atoms with van der Waals surface area (Å²) < 4.78 is 0. The zero-order valence-corrected chi connectivity index (χ0v) is 11.4. The maximum absolute atomic E-state index is 11.9. The van der Waals surface area contributed by atoms with Gasteiger partial charge in [-0.15, -0.1) is 0 Å². The fourth-order valence-corrected chi connectivity index (χ4v) is 3.48. The van der Waals surface area contributed by atoms with Crippen LogP contribution in [0.25, 0.3) is 0 Å². The first-order valence-corrected chi connectivity index (χ1v) is 7.78. The monoisotopic (exact) mass is 271 g/mol. The molecule has 2 saturated heterocycles. The second-order valence-electron chi connectivity index (χ2n) is 4.81. The molecule has 2 aliphatic heterocycles. The van der Waals surface area contributed by atoms with Crippen LogP contribution in [0, 0.1) is 5.92 Å². The lowest BCUT2D eigenvalue weighted by Crippen LogP contribution is -2.51. The Morgan fingerprint density at radius 3 is 2.56 bits per heavy atom. The summed E-state index contributed by atoms with van der Waals surface area (Å²) in [6.45, 7) is 3.47. The molecule has 0 unspecified atom stereocenters. The summed E-state index contributed by atoms with van der Waals surface area (Å²) in [4.78, 5) is 25.2. The highest BCUT2D eigenvalue weighted by Gasteiger charge is 2.24. The average Bonchev–Trinajstić information content (AvgIpc) is 2.46. The van der Waals surface area contributed by atoms with E-state index in [4.69, 9.17) is 0 Å². The van der Waals surface area contributed by atoms with Gasteiger partial charge in [-0.3, -0.25) is 9.59 Å². The third-order valence-electron chi connectivity index (χ3n) is 3.49. The molecule has 2 aliphatic rings. The van der Waals surface area contributed by atoms with Gasteiger partial charge in [-0.2, -0.15) is 11.8 Å². The van der Waals surface area contributed by atoms with Crippen LogP contribution in [0.1, 0.15) is 12.8 Å². The van der Waals surface area contributed by atoms with Gasteiger partial charge in [0.25, 0.3) is 0 Å². The van der Waals surface area contributed by atoms with E-state index in [9.17, 15) is 9.59 Å². The van der Waals surface area contributed by atoms with Gasteiger partial charge in [0.2, 0.25) is 0 Å². The Bertz CT molecular complexity index is 300. The van der Waals surface area contributed by atoms with Crippen molar-refractivity contribution in [1.82, 2.24) is 15.5 Å². The molecule has 2 rings (SSSR count). The van der Waals surface area contributed by atoms with Crippen LogP contribution < -0.4 is 10.6 Å². The summed E-state index contributed by atoms with van der Waals surface area (Å²) in [5.41, 5.74) is 0. The van der Waals surface area contributed by atoms with Crippen LogP contribution in [0.4, 0.5) is 0 Å². The topological polar surface area (TPSA) is 61.4 Å². The molecular formula is C12H21N3O2S. The molecule has 2 heterocycles. The van der Waals surface area contributed by atoms with Gasteiger partial charge < -0.3 is 15.5 Å². The Kier molecular flexibility index (Phi) is 5.31. The van der Waals surface area contributed by atoms with Crippen LogP contribution in [-0.4, -0.2) is 60.9 Å². The summed E-state index contributed by atoms with van der Waals surface area (Å²) in [5.74, 6) is 2.08. The Morgan fingerprint density at radius 1 is 1.22 bits per heavy atom. The van der Waals surface area contributed by atoms with Crippen LogP contribution >= 0.6 is 11.8 Å². The van der Waals surface area contributed by atoms with E-state index in [-0.39, 0.29) is 5.91 Å². The summed E-state index contributed by atoms with van der Waals surface area (Å²) in [6.07, 6.45) is 2.29. The molecule has 0 aliphatic carbocycles. The van der Waals surface area contributed by atoms with Crippen LogP contribution in [0.15, 0.2) is 0 Å². The number of hydrogen-bond acceptors (Lipinski definition) is 4. The molecule has 0 aromatic carbocycles. The van der Waals surface area contributed by atoms with Crippen molar-refractivity contribution < 1.29 is 9.59 Å². The Labute approximate surface area is 112 Å².